The molecule has 0 bridgehead atoms. The molecule has 1 saturated heterocycles. The molecule has 0 saturated carbocycles. The predicted octanol–water partition coefficient (Wildman–Crippen LogP) is 5.29. The standard InChI is InChI=1S/C27H25BrF2N8OS/c1-14-25(40-13-32-14)26-33-17-6-4-5-7-19(17)37(26)11-21(39)38-12-27(2,3)20(38)10-36-9-18(34-35-36)15-8-16(29)22(28)23(30)24(15)31/h4-9,13,20H,10-12,31H2,1-3H3. The molecule has 5 aromatic rings. The Morgan fingerprint density at radius 2 is 2.05 bits per heavy atom. The van der Waals surface area contributed by atoms with Gasteiger partial charge in [-0.05, 0) is 41.1 Å². The van der Waals surface area contributed by atoms with Gasteiger partial charge in [0.1, 0.15) is 18.1 Å². The molecule has 2 N–H and O–H groups in total. The second-order valence-electron chi connectivity index (χ2n) is 10.6. The van der Waals surface area contributed by atoms with Gasteiger partial charge in [0.2, 0.25) is 5.91 Å². The van der Waals surface area contributed by atoms with Gasteiger partial charge >= 0.3 is 0 Å². The molecule has 206 valence electrons. The van der Waals surface area contributed by atoms with E-state index in [1.165, 1.54) is 11.3 Å². The molecule has 1 amide bonds. The summed E-state index contributed by atoms with van der Waals surface area (Å²) in [7, 11) is 0. The van der Waals surface area contributed by atoms with Crippen molar-refractivity contribution in [2.75, 3.05) is 12.3 Å². The number of aryl methyl sites for hydroxylation is 1. The molecule has 13 heteroatoms. The van der Waals surface area contributed by atoms with Gasteiger partial charge in [-0.3, -0.25) is 4.79 Å². The third-order valence-corrected chi connectivity index (χ3v) is 9.10. The minimum absolute atomic E-state index is 0.0440. The van der Waals surface area contributed by atoms with E-state index in [-0.39, 0.29) is 45.3 Å². The van der Waals surface area contributed by atoms with E-state index in [0.717, 1.165) is 33.5 Å². The summed E-state index contributed by atoms with van der Waals surface area (Å²) in [5.41, 5.74) is 10.2. The van der Waals surface area contributed by atoms with Gasteiger partial charge in [0.15, 0.2) is 11.6 Å². The van der Waals surface area contributed by atoms with Crippen molar-refractivity contribution in [3.8, 4) is 22.0 Å². The summed E-state index contributed by atoms with van der Waals surface area (Å²) in [5, 5.41) is 8.26. The van der Waals surface area contributed by atoms with Crippen LogP contribution in [0.25, 0.3) is 33.0 Å². The molecule has 40 heavy (non-hydrogen) atoms. The molecule has 0 radical (unpaired) electrons. The van der Waals surface area contributed by atoms with Gasteiger partial charge in [-0.1, -0.05) is 31.2 Å². The Morgan fingerprint density at radius 3 is 2.77 bits per heavy atom. The number of carbonyl (C=O) groups is 1. The van der Waals surface area contributed by atoms with E-state index in [1.54, 1.807) is 16.4 Å². The lowest BCUT2D eigenvalue weighted by Gasteiger charge is -2.54. The summed E-state index contributed by atoms with van der Waals surface area (Å²) < 4.78 is 31.7. The number of imidazole rings is 1. The van der Waals surface area contributed by atoms with Gasteiger partial charge in [0, 0.05) is 17.5 Å². The smallest absolute Gasteiger partial charge is 0.242 e. The minimum Gasteiger partial charge on any atom is -0.396 e. The lowest BCUT2D eigenvalue weighted by atomic mass is 9.74. The molecule has 1 unspecified atom stereocenters. The number of thiazole rings is 1. The number of nitrogens with zero attached hydrogens (tertiary/aromatic N) is 7. The van der Waals surface area contributed by atoms with Crippen molar-refractivity contribution >= 4 is 49.9 Å². The Morgan fingerprint density at radius 1 is 1.27 bits per heavy atom. The van der Waals surface area contributed by atoms with E-state index >= 15 is 0 Å². The van der Waals surface area contributed by atoms with Crippen molar-refractivity contribution in [2.45, 2.75) is 39.9 Å². The lowest BCUT2D eigenvalue weighted by molar-refractivity contribution is -0.153. The van der Waals surface area contributed by atoms with Gasteiger partial charge < -0.3 is 15.2 Å². The predicted molar refractivity (Wildman–Crippen MR) is 152 cm³/mol. The van der Waals surface area contributed by atoms with E-state index in [0.29, 0.717) is 13.1 Å². The summed E-state index contributed by atoms with van der Waals surface area (Å²) in [6.07, 6.45) is 1.59. The van der Waals surface area contributed by atoms with Gasteiger partial charge in [0.25, 0.3) is 0 Å². The van der Waals surface area contributed by atoms with Crippen LogP contribution in [0.1, 0.15) is 19.5 Å². The number of aromatic nitrogens is 6. The average molecular weight is 628 g/mol. The summed E-state index contributed by atoms with van der Waals surface area (Å²) in [4.78, 5) is 25.7. The zero-order valence-corrected chi connectivity index (χ0v) is 24.3. The average Bonchev–Trinajstić information content (AvgIpc) is 3.66. The highest BCUT2D eigenvalue weighted by Gasteiger charge is 2.48. The quantitative estimate of drug-likeness (QED) is 0.203. The first-order valence-corrected chi connectivity index (χ1v) is 14.2. The molecule has 0 spiro atoms. The summed E-state index contributed by atoms with van der Waals surface area (Å²) in [6, 6.07) is 8.71. The van der Waals surface area contributed by atoms with Crippen LogP contribution in [0.5, 0.6) is 0 Å². The summed E-state index contributed by atoms with van der Waals surface area (Å²) >= 11 is 4.36. The number of rotatable bonds is 6. The minimum atomic E-state index is -0.888. The van der Waals surface area contributed by atoms with E-state index in [2.05, 4.69) is 45.1 Å². The van der Waals surface area contributed by atoms with Gasteiger partial charge in [-0.25, -0.2) is 23.4 Å². The van der Waals surface area contributed by atoms with Crippen LogP contribution < -0.4 is 5.73 Å². The second kappa shape index (κ2) is 9.73. The molecule has 6 rings (SSSR count). The monoisotopic (exact) mass is 626 g/mol. The molecule has 1 atom stereocenters. The van der Waals surface area contributed by atoms with Crippen LogP contribution in [0.15, 0.2) is 46.5 Å². The molecular weight excluding hydrogens is 602 g/mol. The molecule has 3 aromatic heterocycles. The van der Waals surface area contributed by atoms with Crippen LogP contribution in [0, 0.1) is 24.0 Å². The Balaban J connectivity index is 1.26. The maximum absolute atomic E-state index is 14.3. The number of nitrogen functional groups attached to an aromatic ring is 1. The SMILES string of the molecule is Cc1ncsc1-c1nc2ccccc2n1CC(=O)N1CC(C)(C)C1Cn1cc(-c2cc(F)c(Br)c(F)c2N)nn1. The van der Waals surface area contributed by atoms with E-state index in [4.69, 9.17) is 10.7 Å². The molecule has 1 aliphatic heterocycles. The van der Waals surface area contributed by atoms with Crippen LogP contribution in [-0.2, 0) is 17.9 Å². The van der Waals surface area contributed by atoms with Gasteiger partial charge in [-0.2, -0.15) is 0 Å². The third-order valence-electron chi connectivity index (χ3n) is 7.45. The largest absolute Gasteiger partial charge is 0.396 e. The number of halogens is 3. The first-order valence-electron chi connectivity index (χ1n) is 12.5. The van der Waals surface area contributed by atoms with Crippen molar-refractivity contribution in [3.63, 3.8) is 0 Å². The highest BCUT2D eigenvalue weighted by molar-refractivity contribution is 9.10. The molecule has 1 aliphatic rings. The number of hydrogen-bond acceptors (Lipinski definition) is 7. The molecular formula is C27H25BrF2N8OS. The number of nitrogens with two attached hydrogens (primary N) is 1. The van der Waals surface area contributed by atoms with Crippen molar-refractivity contribution in [1.82, 2.24) is 34.4 Å². The molecule has 2 aromatic carbocycles. The maximum Gasteiger partial charge on any atom is 0.242 e. The number of benzene rings is 2. The number of carbonyl (C=O) groups excluding carboxylic acids is 1. The first kappa shape index (κ1) is 26.5. The van der Waals surface area contributed by atoms with Crippen LogP contribution >= 0.6 is 27.3 Å². The summed E-state index contributed by atoms with van der Waals surface area (Å²) in [6.45, 7) is 7.18. The van der Waals surface area contributed by atoms with E-state index < -0.39 is 11.6 Å². The number of hydrogen-bond donors (Lipinski definition) is 1. The zero-order chi connectivity index (χ0) is 28.3. The fraction of sp³-hybridized carbons (Fsp3) is 0.296. The van der Waals surface area contributed by atoms with Crippen molar-refractivity contribution in [3.05, 3.63) is 63.8 Å². The van der Waals surface area contributed by atoms with Gasteiger partial charge in [-0.15, -0.1) is 16.4 Å². The lowest BCUT2D eigenvalue weighted by Crippen LogP contribution is -2.65. The molecule has 9 nitrogen and oxygen atoms in total. The topological polar surface area (TPSA) is 108 Å². The van der Waals surface area contributed by atoms with Crippen LogP contribution in [-0.4, -0.2) is 52.9 Å². The number of fused-ring (bicyclic) bond motifs is 1. The molecule has 1 fully saturated rings. The Kier molecular flexibility index (Phi) is 6.45. The van der Waals surface area contributed by atoms with Crippen molar-refractivity contribution in [2.24, 2.45) is 5.41 Å². The van der Waals surface area contributed by atoms with Crippen molar-refractivity contribution in [1.29, 1.82) is 0 Å². The van der Waals surface area contributed by atoms with E-state index in [1.807, 2.05) is 40.7 Å². The fourth-order valence-electron chi connectivity index (χ4n) is 5.23. The number of likely N-dealkylation sites (tertiary alicyclic amines) is 1. The Hall–Kier alpha value is -3.71. The van der Waals surface area contributed by atoms with Crippen molar-refractivity contribution < 1.29 is 13.6 Å². The Labute approximate surface area is 240 Å². The molecule has 4 heterocycles. The highest BCUT2D eigenvalue weighted by Crippen LogP contribution is 2.39. The third kappa shape index (κ3) is 4.37. The number of amides is 1. The van der Waals surface area contributed by atoms with Crippen LogP contribution in [0.4, 0.5) is 14.5 Å². The number of anilines is 1. The summed E-state index contributed by atoms with van der Waals surface area (Å²) in [5.74, 6) is -0.995. The maximum atomic E-state index is 14.3. The number of para-hydroxylation sites is 2. The second-order valence-corrected chi connectivity index (χ2v) is 12.2. The first-order chi connectivity index (χ1) is 19.0. The fourth-order valence-corrected chi connectivity index (χ4v) is 6.36. The van der Waals surface area contributed by atoms with E-state index in [9.17, 15) is 13.6 Å². The van der Waals surface area contributed by atoms with Crippen LogP contribution in [0.2, 0.25) is 0 Å². The molecule has 0 aliphatic carbocycles. The zero-order valence-electron chi connectivity index (χ0n) is 21.9. The Bertz CT molecular complexity index is 1780. The van der Waals surface area contributed by atoms with Crippen LogP contribution in [0.3, 0.4) is 0 Å². The highest BCUT2D eigenvalue weighted by atomic mass is 79.9. The normalized spacial score (nSPS) is 16.4. The van der Waals surface area contributed by atoms with Gasteiger partial charge in [0.05, 0.1) is 56.1 Å².